The lowest BCUT2D eigenvalue weighted by molar-refractivity contribution is -0.145. The molecule has 2 heterocycles. The van der Waals surface area contributed by atoms with Gasteiger partial charge in [0, 0.05) is 5.56 Å². The number of esters is 2. The summed E-state index contributed by atoms with van der Waals surface area (Å²) in [6.45, 7) is 5.23. The smallest absolute Gasteiger partial charge is 0.344 e. The van der Waals surface area contributed by atoms with Gasteiger partial charge in [-0.05, 0) is 50.6 Å². The van der Waals surface area contributed by atoms with Crippen LogP contribution in [0, 0.1) is 0 Å². The molecule has 1 aromatic heterocycles. The third kappa shape index (κ3) is 5.94. The summed E-state index contributed by atoms with van der Waals surface area (Å²) in [5.74, 6) is -0.377. The number of nitrogens with zero attached hydrogens (tertiary/aromatic N) is 2. The van der Waals surface area contributed by atoms with E-state index in [-0.39, 0.29) is 41.0 Å². The highest BCUT2D eigenvalue weighted by molar-refractivity contribution is 7.07. The first-order valence-electron chi connectivity index (χ1n) is 12.3. The Morgan fingerprint density at radius 2 is 1.85 bits per heavy atom. The van der Waals surface area contributed by atoms with E-state index >= 15 is 0 Å². The second-order valence-corrected chi connectivity index (χ2v) is 10.2. The number of methoxy groups -OCH3 is 1. The van der Waals surface area contributed by atoms with Crippen molar-refractivity contribution in [2.24, 2.45) is 4.99 Å². The van der Waals surface area contributed by atoms with E-state index in [0.717, 1.165) is 0 Å². The minimum Gasteiger partial charge on any atom is -0.493 e. The van der Waals surface area contributed by atoms with Crippen LogP contribution >= 0.6 is 34.5 Å². The van der Waals surface area contributed by atoms with Gasteiger partial charge in [-0.2, -0.15) is 0 Å². The van der Waals surface area contributed by atoms with Crippen LogP contribution in [0.5, 0.6) is 11.5 Å². The van der Waals surface area contributed by atoms with E-state index < -0.39 is 18.0 Å². The molecule has 1 atom stereocenters. The standard InChI is InChI=1S/C28H26Cl2N2O7S/c1-5-37-22(33)14-39-19-11-10-16(12-20(19)36-4)13-21-26(34)32-25(17-8-7-9-18(29)24(17)30)23(27(35)38-6-2)15(3)31-28(32)40-21/h7-13,25H,5-6,14H2,1-4H3/b21-13-/t25-/m1/s1. The van der Waals surface area contributed by atoms with Crippen molar-refractivity contribution in [2.75, 3.05) is 26.9 Å². The Kier molecular flexibility index (Phi) is 9.34. The first-order valence-corrected chi connectivity index (χ1v) is 13.9. The number of thiazole rings is 1. The molecular weight excluding hydrogens is 579 g/mol. The van der Waals surface area contributed by atoms with Gasteiger partial charge < -0.3 is 18.9 Å². The Balaban J connectivity index is 1.82. The topological polar surface area (TPSA) is 105 Å². The zero-order valence-corrected chi connectivity index (χ0v) is 24.5. The summed E-state index contributed by atoms with van der Waals surface area (Å²) >= 11 is 14.0. The van der Waals surface area contributed by atoms with Crippen LogP contribution in [-0.2, 0) is 19.1 Å². The van der Waals surface area contributed by atoms with Gasteiger partial charge >= 0.3 is 11.9 Å². The highest BCUT2D eigenvalue weighted by Crippen LogP contribution is 2.37. The number of rotatable bonds is 9. The fourth-order valence-corrected chi connectivity index (χ4v) is 5.66. The number of benzene rings is 2. The molecule has 0 saturated carbocycles. The Bertz CT molecular complexity index is 1680. The lowest BCUT2D eigenvalue weighted by Gasteiger charge is -2.25. The van der Waals surface area contributed by atoms with Crippen molar-refractivity contribution in [2.45, 2.75) is 26.8 Å². The van der Waals surface area contributed by atoms with E-state index in [1.807, 2.05) is 0 Å². The molecule has 3 aromatic rings. The molecular formula is C28H26Cl2N2O7S. The average molecular weight is 605 g/mol. The maximum atomic E-state index is 13.8. The van der Waals surface area contributed by atoms with Crippen molar-refractivity contribution in [3.05, 3.63) is 88.5 Å². The van der Waals surface area contributed by atoms with Crippen molar-refractivity contribution in [3.63, 3.8) is 0 Å². The molecule has 0 fully saturated rings. The molecule has 0 radical (unpaired) electrons. The van der Waals surface area contributed by atoms with Crippen molar-refractivity contribution in [1.29, 1.82) is 0 Å². The van der Waals surface area contributed by atoms with E-state index in [9.17, 15) is 14.4 Å². The summed E-state index contributed by atoms with van der Waals surface area (Å²) in [6.07, 6.45) is 1.68. The summed E-state index contributed by atoms with van der Waals surface area (Å²) in [5.41, 5.74) is 1.36. The first-order chi connectivity index (χ1) is 19.2. The van der Waals surface area contributed by atoms with Crippen LogP contribution in [0.3, 0.4) is 0 Å². The van der Waals surface area contributed by atoms with Gasteiger partial charge in [0.1, 0.15) is 6.04 Å². The van der Waals surface area contributed by atoms with Crippen LogP contribution in [0.4, 0.5) is 0 Å². The average Bonchev–Trinajstić information content (AvgIpc) is 3.23. The zero-order chi connectivity index (χ0) is 29.0. The molecule has 0 N–H and O–H groups in total. The summed E-state index contributed by atoms with van der Waals surface area (Å²) < 4.78 is 22.9. The van der Waals surface area contributed by atoms with Gasteiger partial charge in [-0.15, -0.1) is 0 Å². The molecule has 1 aliphatic heterocycles. The number of aromatic nitrogens is 1. The summed E-state index contributed by atoms with van der Waals surface area (Å²) in [6, 6.07) is 9.20. The normalized spacial score (nSPS) is 14.8. The number of hydrogen-bond donors (Lipinski definition) is 0. The lowest BCUT2D eigenvalue weighted by atomic mass is 9.96. The molecule has 4 rings (SSSR count). The van der Waals surface area contributed by atoms with E-state index in [0.29, 0.717) is 37.7 Å². The third-order valence-corrected chi connectivity index (χ3v) is 7.75. The lowest BCUT2D eigenvalue weighted by Crippen LogP contribution is -2.40. The number of carbonyl (C=O) groups is 2. The second-order valence-electron chi connectivity index (χ2n) is 8.45. The molecule has 9 nitrogen and oxygen atoms in total. The van der Waals surface area contributed by atoms with Gasteiger partial charge in [0.25, 0.3) is 5.56 Å². The second kappa shape index (κ2) is 12.7. The van der Waals surface area contributed by atoms with E-state index in [1.54, 1.807) is 63.2 Å². The van der Waals surface area contributed by atoms with E-state index in [4.69, 9.17) is 42.1 Å². The number of carbonyl (C=O) groups excluding carboxylic acids is 2. The minimum atomic E-state index is -0.892. The van der Waals surface area contributed by atoms with Gasteiger partial charge in [-0.25, -0.2) is 14.6 Å². The number of fused-ring (bicyclic) bond motifs is 1. The maximum Gasteiger partial charge on any atom is 0.344 e. The molecule has 12 heteroatoms. The third-order valence-electron chi connectivity index (χ3n) is 5.93. The van der Waals surface area contributed by atoms with E-state index in [1.165, 1.54) is 23.0 Å². The van der Waals surface area contributed by atoms with Crippen LogP contribution in [0.1, 0.15) is 37.9 Å². The zero-order valence-electron chi connectivity index (χ0n) is 22.2. The van der Waals surface area contributed by atoms with Gasteiger partial charge in [0.15, 0.2) is 22.9 Å². The van der Waals surface area contributed by atoms with Crippen LogP contribution in [0.15, 0.2) is 57.5 Å². The monoisotopic (exact) mass is 604 g/mol. The van der Waals surface area contributed by atoms with Crippen LogP contribution < -0.4 is 24.4 Å². The molecule has 0 bridgehead atoms. The van der Waals surface area contributed by atoms with Crippen molar-refractivity contribution in [1.82, 2.24) is 4.57 Å². The van der Waals surface area contributed by atoms with Crippen LogP contribution in [0.2, 0.25) is 10.0 Å². The molecule has 0 aliphatic carbocycles. The number of halogens is 2. The van der Waals surface area contributed by atoms with E-state index in [2.05, 4.69) is 4.99 Å². The molecule has 0 amide bonds. The minimum absolute atomic E-state index is 0.150. The summed E-state index contributed by atoms with van der Waals surface area (Å²) in [7, 11) is 1.47. The predicted molar refractivity (Wildman–Crippen MR) is 152 cm³/mol. The van der Waals surface area contributed by atoms with Crippen molar-refractivity contribution >= 4 is 52.6 Å². The van der Waals surface area contributed by atoms with Crippen LogP contribution in [-0.4, -0.2) is 43.4 Å². The Morgan fingerprint density at radius 1 is 1.10 bits per heavy atom. The quantitative estimate of drug-likeness (QED) is 0.339. The Labute approximate surface area is 243 Å². The highest BCUT2D eigenvalue weighted by Gasteiger charge is 2.34. The number of ether oxygens (including phenoxy) is 4. The molecule has 210 valence electrons. The van der Waals surface area contributed by atoms with Crippen molar-refractivity contribution in [3.8, 4) is 11.5 Å². The predicted octanol–water partition coefficient (Wildman–Crippen LogP) is 4.06. The summed E-state index contributed by atoms with van der Waals surface area (Å²) in [5, 5.41) is 0.514. The molecule has 0 spiro atoms. The molecule has 40 heavy (non-hydrogen) atoms. The molecule has 2 aromatic carbocycles. The molecule has 0 saturated heterocycles. The Morgan fingerprint density at radius 3 is 2.55 bits per heavy atom. The number of hydrogen-bond acceptors (Lipinski definition) is 9. The van der Waals surface area contributed by atoms with Gasteiger partial charge in [0.2, 0.25) is 0 Å². The molecule has 1 aliphatic rings. The SMILES string of the molecule is CCOC(=O)COc1ccc(/C=c2\sc3n(c2=O)[C@H](c2cccc(Cl)c2Cl)C(C(=O)OCC)=C(C)N=3)cc1OC. The fourth-order valence-electron chi connectivity index (χ4n) is 4.20. The van der Waals surface area contributed by atoms with Crippen molar-refractivity contribution < 1.29 is 28.5 Å². The maximum absolute atomic E-state index is 13.8. The van der Waals surface area contributed by atoms with Gasteiger partial charge in [-0.1, -0.05) is 52.7 Å². The summed E-state index contributed by atoms with van der Waals surface area (Å²) in [4.78, 5) is 43.5. The first kappa shape index (κ1) is 29.4. The largest absolute Gasteiger partial charge is 0.493 e. The van der Waals surface area contributed by atoms with Gasteiger partial charge in [-0.3, -0.25) is 9.36 Å². The number of allylic oxidation sites excluding steroid dienone is 1. The highest BCUT2D eigenvalue weighted by atomic mass is 35.5. The Hall–Kier alpha value is -3.60. The van der Waals surface area contributed by atoms with Gasteiger partial charge in [0.05, 0.1) is 46.2 Å². The van der Waals surface area contributed by atoms with Crippen LogP contribution in [0.25, 0.3) is 6.08 Å². The molecule has 0 unspecified atom stereocenters. The fraction of sp³-hybridized carbons (Fsp3) is 0.286.